The van der Waals surface area contributed by atoms with Crippen LogP contribution in [0.5, 0.6) is 5.75 Å². The van der Waals surface area contributed by atoms with Gasteiger partial charge >= 0.3 is 0 Å². The highest BCUT2D eigenvalue weighted by molar-refractivity contribution is 9.10. The van der Waals surface area contributed by atoms with Crippen molar-refractivity contribution in [1.29, 1.82) is 0 Å². The Labute approximate surface area is 122 Å². The van der Waals surface area contributed by atoms with Gasteiger partial charge in [-0.25, -0.2) is 4.98 Å². The van der Waals surface area contributed by atoms with E-state index in [0.29, 0.717) is 6.61 Å². The first-order chi connectivity index (χ1) is 9.20. The molecule has 2 aromatic rings. The van der Waals surface area contributed by atoms with Gasteiger partial charge in [-0.3, -0.25) is 0 Å². The largest absolute Gasteiger partial charge is 0.489 e. The Morgan fingerprint density at radius 3 is 2.89 bits per heavy atom. The maximum absolute atomic E-state index is 5.81. The third-order valence-electron chi connectivity index (χ3n) is 2.76. The lowest BCUT2D eigenvalue weighted by atomic mass is 10.2. The molecule has 0 fully saturated rings. The quantitative estimate of drug-likeness (QED) is 0.898. The normalized spacial score (nSPS) is 10.3. The summed E-state index contributed by atoms with van der Waals surface area (Å²) in [5.74, 6) is 1.76. The second kappa shape index (κ2) is 6.57. The maximum Gasteiger partial charge on any atom is 0.132 e. The van der Waals surface area contributed by atoms with Crippen molar-refractivity contribution in [2.45, 2.75) is 20.5 Å². The minimum Gasteiger partial charge on any atom is -0.489 e. The summed E-state index contributed by atoms with van der Waals surface area (Å²) < 4.78 is 6.91. The summed E-state index contributed by atoms with van der Waals surface area (Å²) in [6.07, 6.45) is 1.78. The van der Waals surface area contributed by atoms with Gasteiger partial charge in [0.2, 0.25) is 0 Å². The molecule has 0 amide bonds. The lowest BCUT2D eigenvalue weighted by Crippen LogP contribution is -2.05. The van der Waals surface area contributed by atoms with Crippen molar-refractivity contribution in [2.75, 3.05) is 11.9 Å². The number of benzene rings is 1. The molecule has 100 valence electrons. The van der Waals surface area contributed by atoms with E-state index in [9.17, 15) is 0 Å². The molecule has 0 atom stereocenters. The highest BCUT2D eigenvalue weighted by Crippen LogP contribution is 2.23. The molecule has 19 heavy (non-hydrogen) atoms. The molecule has 0 aliphatic carbocycles. The van der Waals surface area contributed by atoms with E-state index < -0.39 is 0 Å². The average molecular weight is 321 g/mol. The third kappa shape index (κ3) is 3.70. The maximum atomic E-state index is 5.81. The average Bonchev–Trinajstić information content (AvgIpc) is 2.42. The van der Waals surface area contributed by atoms with Gasteiger partial charge in [-0.15, -0.1) is 0 Å². The molecule has 0 aliphatic rings. The molecule has 3 nitrogen and oxygen atoms in total. The first-order valence-electron chi connectivity index (χ1n) is 6.27. The lowest BCUT2D eigenvalue weighted by molar-refractivity contribution is 0.306. The summed E-state index contributed by atoms with van der Waals surface area (Å²) in [5.41, 5.74) is 2.22. The van der Waals surface area contributed by atoms with E-state index in [0.717, 1.165) is 33.7 Å². The Kier molecular flexibility index (Phi) is 4.80. The van der Waals surface area contributed by atoms with Crippen molar-refractivity contribution >= 4 is 21.7 Å². The Hall–Kier alpha value is -1.55. The summed E-state index contributed by atoms with van der Waals surface area (Å²) in [6, 6.07) is 9.93. The van der Waals surface area contributed by atoms with Gasteiger partial charge in [-0.2, -0.15) is 0 Å². The van der Waals surface area contributed by atoms with Crippen LogP contribution >= 0.6 is 15.9 Å². The van der Waals surface area contributed by atoms with E-state index >= 15 is 0 Å². The molecule has 1 aromatic carbocycles. The fourth-order valence-corrected chi connectivity index (χ4v) is 2.00. The predicted molar refractivity (Wildman–Crippen MR) is 81.6 cm³/mol. The molecule has 2 rings (SSSR count). The van der Waals surface area contributed by atoms with Crippen LogP contribution in [0.15, 0.2) is 41.0 Å². The summed E-state index contributed by atoms with van der Waals surface area (Å²) >= 11 is 3.48. The highest BCUT2D eigenvalue weighted by Gasteiger charge is 2.04. The molecular formula is C15H17BrN2O. The molecular weight excluding hydrogens is 304 g/mol. The topological polar surface area (TPSA) is 34.2 Å². The van der Waals surface area contributed by atoms with E-state index in [1.54, 1.807) is 6.20 Å². The minimum absolute atomic E-state index is 0.511. The van der Waals surface area contributed by atoms with Gasteiger partial charge in [0.1, 0.15) is 18.2 Å². The third-order valence-corrected chi connectivity index (χ3v) is 3.65. The van der Waals surface area contributed by atoms with Crippen molar-refractivity contribution in [3.8, 4) is 5.75 Å². The number of aromatic nitrogens is 1. The summed E-state index contributed by atoms with van der Waals surface area (Å²) in [4.78, 5) is 4.31. The number of hydrogen-bond acceptors (Lipinski definition) is 3. The van der Waals surface area contributed by atoms with Gasteiger partial charge in [-0.05, 0) is 43.7 Å². The number of nitrogens with zero attached hydrogens (tertiary/aromatic N) is 1. The second-order valence-electron chi connectivity index (χ2n) is 4.24. The van der Waals surface area contributed by atoms with E-state index in [2.05, 4.69) is 33.2 Å². The van der Waals surface area contributed by atoms with Gasteiger partial charge in [0.25, 0.3) is 0 Å². The zero-order valence-corrected chi connectivity index (χ0v) is 12.7. The molecule has 1 aromatic heterocycles. The van der Waals surface area contributed by atoms with Crippen LogP contribution in [0.2, 0.25) is 0 Å². The Morgan fingerprint density at radius 2 is 2.16 bits per heavy atom. The summed E-state index contributed by atoms with van der Waals surface area (Å²) in [5, 5.41) is 3.23. The van der Waals surface area contributed by atoms with Crippen LogP contribution in [-0.2, 0) is 6.61 Å². The SMILES string of the molecule is CCNc1ncccc1COc1ccc(Br)c(C)c1. The Morgan fingerprint density at radius 1 is 1.32 bits per heavy atom. The van der Waals surface area contributed by atoms with Crippen LogP contribution in [0, 0.1) is 6.92 Å². The molecule has 1 N–H and O–H groups in total. The monoisotopic (exact) mass is 320 g/mol. The molecule has 0 bridgehead atoms. The number of aryl methyl sites for hydroxylation is 1. The number of nitrogens with one attached hydrogen (secondary N) is 1. The van der Waals surface area contributed by atoms with E-state index in [1.807, 2.05) is 37.3 Å². The van der Waals surface area contributed by atoms with E-state index in [1.165, 1.54) is 0 Å². The van der Waals surface area contributed by atoms with Gasteiger partial charge < -0.3 is 10.1 Å². The van der Waals surface area contributed by atoms with E-state index in [-0.39, 0.29) is 0 Å². The van der Waals surface area contributed by atoms with Crippen LogP contribution in [-0.4, -0.2) is 11.5 Å². The zero-order valence-electron chi connectivity index (χ0n) is 11.1. The van der Waals surface area contributed by atoms with Gasteiger partial charge in [-0.1, -0.05) is 22.0 Å². The van der Waals surface area contributed by atoms with Crippen LogP contribution < -0.4 is 10.1 Å². The van der Waals surface area contributed by atoms with Crippen molar-refractivity contribution in [2.24, 2.45) is 0 Å². The number of pyridine rings is 1. The molecule has 0 unspecified atom stereocenters. The van der Waals surface area contributed by atoms with Crippen LogP contribution in [0.3, 0.4) is 0 Å². The molecule has 0 saturated heterocycles. The lowest BCUT2D eigenvalue weighted by Gasteiger charge is -2.11. The second-order valence-corrected chi connectivity index (χ2v) is 5.10. The van der Waals surface area contributed by atoms with Crippen LogP contribution in [0.1, 0.15) is 18.1 Å². The standard InChI is InChI=1S/C15H17BrN2O/c1-3-17-15-12(5-4-8-18-15)10-19-13-6-7-14(16)11(2)9-13/h4-9H,3,10H2,1-2H3,(H,17,18). The predicted octanol–water partition coefficient (Wildman–Crippen LogP) is 4.16. The molecule has 4 heteroatoms. The Bertz CT molecular complexity index is 558. The van der Waals surface area contributed by atoms with Crippen molar-refractivity contribution < 1.29 is 4.74 Å². The van der Waals surface area contributed by atoms with Crippen molar-refractivity contribution in [1.82, 2.24) is 4.98 Å². The highest BCUT2D eigenvalue weighted by atomic mass is 79.9. The fourth-order valence-electron chi connectivity index (χ4n) is 1.75. The first kappa shape index (κ1) is 13.9. The van der Waals surface area contributed by atoms with Crippen LogP contribution in [0.25, 0.3) is 0 Å². The number of ether oxygens (including phenoxy) is 1. The van der Waals surface area contributed by atoms with Crippen molar-refractivity contribution in [3.05, 3.63) is 52.1 Å². The van der Waals surface area contributed by atoms with Gasteiger partial charge in [0, 0.05) is 22.8 Å². The fraction of sp³-hybridized carbons (Fsp3) is 0.267. The summed E-state index contributed by atoms with van der Waals surface area (Å²) in [7, 11) is 0. The minimum atomic E-state index is 0.511. The molecule has 0 spiro atoms. The zero-order chi connectivity index (χ0) is 13.7. The number of anilines is 1. The summed E-state index contributed by atoms with van der Waals surface area (Å²) in [6.45, 7) is 5.46. The Balaban J connectivity index is 2.07. The molecule has 0 saturated carbocycles. The molecule has 1 heterocycles. The number of hydrogen-bond donors (Lipinski definition) is 1. The number of halogens is 1. The van der Waals surface area contributed by atoms with Gasteiger partial charge in [0.15, 0.2) is 0 Å². The van der Waals surface area contributed by atoms with Crippen LogP contribution in [0.4, 0.5) is 5.82 Å². The van der Waals surface area contributed by atoms with Crippen molar-refractivity contribution in [3.63, 3.8) is 0 Å². The van der Waals surface area contributed by atoms with Gasteiger partial charge in [0.05, 0.1) is 0 Å². The van der Waals surface area contributed by atoms with E-state index in [4.69, 9.17) is 4.74 Å². The first-order valence-corrected chi connectivity index (χ1v) is 7.06. The number of rotatable bonds is 5. The molecule has 0 radical (unpaired) electrons. The molecule has 0 aliphatic heterocycles. The smallest absolute Gasteiger partial charge is 0.132 e.